The molecule has 2 aromatic carbocycles. The highest BCUT2D eigenvalue weighted by Gasteiger charge is 2.08. The molecule has 8 heteroatoms. The fourth-order valence-electron chi connectivity index (χ4n) is 2.38. The maximum absolute atomic E-state index is 12.1. The summed E-state index contributed by atoms with van der Waals surface area (Å²) < 4.78 is 8.80. The van der Waals surface area contributed by atoms with Gasteiger partial charge in [0.2, 0.25) is 0 Å². The van der Waals surface area contributed by atoms with Crippen molar-refractivity contribution in [3.05, 3.63) is 65.0 Å². The van der Waals surface area contributed by atoms with Gasteiger partial charge in [0.15, 0.2) is 0 Å². The maximum atomic E-state index is 12.1. The van der Waals surface area contributed by atoms with Crippen molar-refractivity contribution in [3.8, 4) is 11.3 Å². The second kappa shape index (κ2) is 8.91. The van der Waals surface area contributed by atoms with E-state index in [9.17, 15) is 9.59 Å². The Morgan fingerprint density at radius 1 is 1.15 bits per heavy atom. The summed E-state index contributed by atoms with van der Waals surface area (Å²) >= 11 is 1.30. The predicted molar refractivity (Wildman–Crippen MR) is 104 cm³/mol. The van der Waals surface area contributed by atoms with E-state index >= 15 is 0 Å². The Labute approximate surface area is 160 Å². The number of hydrogen-bond donors (Lipinski definition) is 2. The molecule has 0 fully saturated rings. The molecule has 0 aliphatic rings. The topological polar surface area (TPSA) is 93.2 Å². The van der Waals surface area contributed by atoms with Crippen LogP contribution in [0.3, 0.4) is 0 Å². The number of nitrogens with one attached hydrogen (secondary N) is 2. The van der Waals surface area contributed by atoms with E-state index in [1.165, 1.54) is 11.5 Å². The lowest BCUT2D eigenvalue weighted by molar-refractivity contribution is 0.0526. The zero-order valence-electron chi connectivity index (χ0n) is 14.6. The summed E-state index contributed by atoms with van der Waals surface area (Å²) in [5.41, 5.74) is 3.68. The lowest BCUT2D eigenvalue weighted by atomic mass is 10.1. The van der Waals surface area contributed by atoms with E-state index in [4.69, 9.17) is 4.74 Å². The number of carbonyl (C=O) groups excluding carboxylic acids is 2. The number of urea groups is 1. The van der Waals surface area contributed by atoms with E-state index in [0.29, 0.717) is 24.4 Å². The summed E-state index contributed by atoms with van der Waals surface area (Å²) in [6.45, 7) is 2.42. The molecule has 1 heterocycles. The van der Waals surface area contributed by atoms with Crippen LogP contribution in [0.15, 0.2) is 53.9 Å². The van der Waals surface area contributed by atoms with Gasteiger partial charge < -0.3 is 15.4 Å². The van der Waals surface area contributed by atoms with Crippen molar-refractivity contribution in [3.63, 3.8) is 0 Å². The van der Waals surface area contributed by atoms with Crippen LogP contribution >= 0.6 is 11.5 Å². The third kappa shape index (κ3) is 5.11. The highest BCUT2D eigenvalue weighted by molar-refractivity contribution is 7.03. The first-order valence-corrected chi connectivity index (χ1v) is 9.18. The average Bonchev–Trinajstić information content (AvgIpc) is 3.22. The van der Waals surface area contributed by atoms with Crippen molar-refractivity contribution in [1.82, 2.24) is 14.9 Å². The molecule has 2 amide bonds. The molecular weight excluding hydrogens is 364 g/mol. The van der Waals surface area contributed by atoms with Crippen molar-refractivity contribution in [2.24, 2.45) is 0 Å². The van der Waals surface area contributed by atoms with Crippen molar-refractivity contribution in [1.29, 1.82) is 0 Å². The number of anilines is 1. The second-order valence-corrected chi connectivity index (χ2v) is 6.21. The molecule has 2 N–H and O–H groups in total. The van der Waals surface area contributed by atoms with Crippen LogP contribution in [0.25, 0.3) is 11.3 Å². The molecule has 0 saturated heterocycles. The van der Waals surface area contributed by atoms with E-state index in [1.54, 1.807) is 31.2 Å². The van der Waals surface area contributed by atoms with Crippen molar-refractivity contribution < 1.29 is 14.3 Å². The molecule has 3 rings (SSSR count). The third-order valence-electron chi connectivity index (χ3n) is 3.69. The first-order valence-electron chi connectivity index (χ1n) is 8.34. The van der Waals surface area contributed by atoms with Crippen molar-refractivity contribution in [2.75, 3.05) is 11.9 Å². The molecule has 0 spiro atoms. The number of carbonyl (C=O) groups is 2. The van der Waals surface area contributed by atoms with Gasteiger partial charge in [-0.1, -0.05) is 34.8 Å². The van der Waals surface area contributed by atoms with Crippen molar-refractivity contribution in [2.45, 2.75) is 13.5 Å². The monoisotopic (exact) mass is 382 g/mol. The Hall–Kier alpha value is -3.26. The smallest absolute Gasteiger partial charge is 0.338 e. The largest absolute Gasteiger partial charge is 0.462 e. The SMILES string of the molecule is CCOC(=O)c1cccc(NC(=O)NCc2ccc(-c3csnn3)cc2)c1. The summed E-state index contributed by atoms with van der Waals surface area (Å²) in [4.78, 5) is 23.8. The Morgan fingerprint density at radius 3 is 2.67 bits per heavy atom. The molecule has 1 aromatic heterocycles. The van der Waals surface area contributed by atoms with Crippen LogP contribution in [0.5, 0.6) is 0 Å². The number of hydrogen-bond acceptors (Lipinski definition) is 6. The summed E-state index contributed by atoms with van der Waals surface area (Å²) in [5, 5.41) is 11.4. The number of amides is 2. The fraction of sp³-hybridized carbons (Fsp3) is 0.158. The first kappa shape index (κ1) is 18.5. The molecule has 0 atom stereocenters. The molecule has 27 heavy (non-hydrogen) atoms. The lowest BCUT2D eigenvalue weighted by Gasteiger charge is -2.09. The van der Waals surface area contributed by atoms with Crippen LogP contribution in [0.4, 0.5) is 10.5 Å². The van der Waals surface area contributed by atoms with E-state index < -0.39 is 5.97 Å². The molecule has 3 aromatic rings. The number of rotatable bonds is 6. The van der Waals surface area contributed by atoms with Gasteiger partial charge in [-0.2, -0.15) is 0 Å². The van der Waals surface area contributed by atoms with Gasteiger partial charge in [0.1, 0.15) is 5.69 Å². The van der Waals surface area contributed by atoms with E-state index in [0.717, 1.165) is 16.8 Å². The molecule has 138 valence electrons. The van der Waals surface area contributed by atoms with Gasteiger partial charge in [-0.05, 0) is 42.2 Å². The standard InChI is InChI=1S/C19H18N4O3S/c1-2-26-18(24)15-4-3-5-16(10-15)21-19(25)20-11-13-6-8-14(9-7-13)17-12-27-23-22-17/h3-10,12H,2,11H2,1H3,(H2,20,21,25). The first-order chi connectivity index (χ1) is 13.2. The number of ether oxygens (including phenoxy) is 1. The van der Waals surface area contributed by atoms with Crippen LogP contribution in [-0.2, 0) is 11.3 Å². The lowest BCUT2D eigenvalue weighted by Crippen LogP contribution is -2.28. The molecule has 0 radical (unpaired) electrons. The molecule has 7 nitrogen and oxygen atoms in total. The summed E-state index contributed by atoms with van der Waals surface area (Å²) in [5.74, 6) is -0.419. The highest BCUT2D eigenvalue weighted by Crippen LogP contribution is 2.18. The number of aromatic nitrogens is 2. The highest BCUT2D eigenvalue weighted by atomic mass is 32.1. The van der Waals surface area contributed by atoms with Gasteiger partial charge >= 0.3 is 12.0 Å². The summed E-state index contributed by atoms with van der Waals surface area (Å²) in [6, 6.07) is 14.0. The van der Waals surface area contributed by atoms with Crippen LogP contribution in [0.1, 0.15) is 22.8 Å². The Balaban J connectivity index is 1.54. The average molecular weight is 382 g/mol. The minimum absolute atomic E-state index is 0.300. The molecular formula is C19H18N4O3S. The molecule has 0 aliphatic heterocycles. The Bertz CT molecular complexity index is 911. The van der Waals surface area contributed by atoms with E-state index in [-0.39, 0.29) is 6.03 Å². The predicted octanol–water partition coefficient (Wildman–Crippen LogP) is 3.70. The van der Waals surface area contributed by atoms with Gasteiger partial charge in [0, 0.05) is 23.2 Å². The molecule has 0 unspecified atom stereocenters. The second-order valence-electron chi connectivity index (χ2n) is 5.60. The Kier molecular flexibility index (Phi) is 6.11. The van der Waals surface area contributed by atoms with Crippen molar-refractivity contribution >= 4 is 29.2 Å². The van der Waals surface area contributed by atoms with Gasteiger partial charge in [0.05, 0.1) is 12.2 Å². The number of nitrogens with zero attached hydrogens (tertiary/aromatic N) is 2. The fourth-order valence-corrected chi connectivity index (χ4v) is 2.85. The zero-order chi connectivity index (χ0) is 19.1. The maximum Gasteiger partial charge on any atom is 0.338 e. The van der Waals surface area contributed by atoms with Crippen LogP contribution in [0, 0.1) is 0 Å². The van der Waals surface area contributed by atoms with Crippen LogP contribution < -0.4 is 10.6 Å². The third-order valence-corrected chi connectivity index (χ3v) is 4.20. The van der Waals surface area contributed by atoms with Gasteiger partial charge in [-0.25, -0.2) is 9.59 Å². The zero-order valence-corrected chi connectivity index (χ0v) is 15.5. The number of benzene rings is 2. The van der Waals surface area contributed by atoms with E-state index in [1.807, 2.05) is 29.6 Å². The molecule has 0 saturated carbocycles. The van der Waals surface area contributed by atoms with Gasteiger partial charge in [-0.15, -0.1) is 5.10 Å². The summed E-state index contributed by atoms with van der Waals surface area (Å²) in [6.07, 6.45) is 0. The van der Waals surface area contributed by atoms with Gasteiger partial charge in [-0.3, -0.25) is 0 Å². The summed E-state index contributed by atoms with van der Waals surface area (Å²) in [7, 11) is 0. The quantitative estimate of drug-likeness (QED) is 0.634. The van der Waals surface area contributed by atoms with Gasteiger partial charge in [0.25, 0.3) is 0 Å². The molecule has 0 bridgehead atoms. The normalized spacial score (nSPS) is 10.3. The minimum atomic E-state index is -0.419. The number of esters is 1. The van der Waals surface area contributed by atoms with E-state index in [2.05, 4.69) is 20.2 Å². The molecule has 0 aliphatic carbocycles. The van der Waals surface area contributed by atoms with Crippen LogP contribution in [0.2, 0.25) is 0 Å². The Morgan fingerprint density at radius 2 is 1.96 bits per heavy atom. The van der Waals surface area contributed by atoms with Crippen LogP contribution in [-0.4, -0.2) is 28.2 Å². The minimum Gasteiger partial charge on any atom is -0.462 e.